The first-order valence-electron chi connectivity index (χ1n) is 1.63. The Balaban J connectivity index is 3.34. The molecule has 0 rings (SSSR count). The van der Waals surface area contributed by atoms with E-state index in [0.717, 1.165) is 0 Å². The summed E-state index contributed by atoms with van der Waals surface area (Å²) >= 11 is 0. The van der Waals surface area contributed by atoms with Crippen LogP contribution in [0.1, 0.15) is 0 Å². The summed E-state index contributed by atoms with van der Waals surface area (Å²) in [6, 6.07) is 0. The van der Waals surface area contributed by atoms with Gasteiger partial charge in [0.05, 0.1) is 0 Å². The predicted molar refractivity (Wildman–Crippen MR) is 34.0 cm³/mol. The fourth-order valence-electron chi connectivity index (χ4n) is 0.0713. The Bertz CT molecular complexity index is 76.1. The van der Waals surface area contributed by atoms with Crippen molar-refractivity contribution in [3.05, 3.63) is 0 Å². The van der Waals surface area contributed by atoms with Crippen LogP contribution in [-0.4, -0.2) is 16.9 Å². The van der Waals surface area contributed by atoms with E-state index in [2.05, 4.69) is 23.7 Å². The monoisotopic (exact) mass is 139 g/mol. The Morgan fingerprint density at radius 1 is 1.86 bits per heavy atom. The third-order valence-electron chi connectivity index (χ3n) is 0.446. The second-order valence-corrected chi connectivity index (χ2v) is 1.98. The molecule has 0 radical (unpaired) electrons. The standard InChI is InChI=1S/C2H7NO2P2/c4-2(5)1(6)3-7/h1,3H,6-7H2,(H,4,5). The quantitative estimate of drug-likeness (QED) is 0.514. The van der Waals surface area contributed by atoms with Crippen molar-refractivity contribution in [3.8, 4) is 0 Å². The van der Waals surface area contributed by atoms with E-state index >= 15 is 0 Å². The van der Waals surface area contributed by atoms with E-state index in [1.54, 1.807) is 0 Å². The van der Waals surface area contributed by atoms with Crippen LogP contribution in [0.15, 0.2) is 0 Å². The van der Waals surface area contributed by atoms with Crippen molar-refractivity contribution in [1.29, 1.82) is 0 Å². The van der Waals surface area contributed by atoms with Gasteiger partial charge in [-0.2, -0.15) is 0 Å². The van der Waals surface area contributed by atoms with Gasteiger partial charge in [0.1, 0.15) is 5.78 Å². The Labute approximate surface area is 46.3 Å². The van der Waals surface area contributed by atoms with Crippen LogP contribution in [-0.2, 0) is 4.79 Å². The zero-order valence-corrected chi connectivity index (χ0v) is 5.90. The molecule has 0 heterocycles. The van der Waals surface area contributed by atoms with E-state index < -0.39 is 11.8 Å². The SMILES string of the molecule is O=C(O)C(P)NP. The molecule has 0 saturated heterocycles. The highest BCUT2D eigenvalue weighted by atomic mass is 31.0. The van der Waals surface area contributed by atoms with Crippen molar-refractivity contribution in [2.24, 2.45) is 0 Å². The molecule has 0 aromatic carbocycles. The molecule has 3 unspecified atom stereocenters. The van der Waals surface area contributed by atoms with E-state index in [-0.39, 0.29) is 0 Å². The lowest BCUT2D eigenvalue weighted by Gasteiger charge is -1.99. The number of aliphatic carboxylic acids is 1. The second kappa shape index (κ2) is 3.31. The number of hydrogen-bond acceptors (Lipinski definition) is 2. The largest absolute Gasteiger partial charge is 0.480 e. The lowest BCUT2D eigenvalue weighted by Crippen LogP contribution is -2.22. The van der Waals surface area contributed by atoms with Crippen LogP contribution in [0.25, 0.3) is 0 Å². The topological polar surface area (TPSA) is 49.3 Å². The molecule has 0 aromatic heterocycles. The van der Waals surface area contributed by atoms with Crippen molar-refractivity contribution in [3.63, 3.8) is 0 Å². The lowest BCUT2D eigenvalue weighted by atomic mass is 10.7. The van der Waals surface area contributed by atoms with Gasteiger partial charge in [-0.05, 0) is 0 Å². The van der Waals surface area contributed by atoms with Crippen molar-refractivity contribution >= 4 is 24.6 Å². The summed E-state index contributed by atoms with van der Waals surface area (Å²) in [7, 11) is 4.23. The zero-order valence-electron chi connectivity index (χ0n) is 3.59. The van der Waals surface area contributed by atoms with Crippen LogP contribution in [0.4, 0.5) is 0 Å². The Morgan fingerprint density at radius 2 is 2.29 bits per heavy atom. The van der Waals surface area contributed by atoms with Crippen LogP contribution in [0.5, 0.6) is 0 Å². The van der Waals surface area contributed by atoms with Crippen LogP contribution in [0, 0.1) is 0 Å². The number of hydrogen-bond donors (Lipinski definition) is 2. The van der Waals surface area contributed by atoms with E-state index in [0.29, 0.717) is 0 Å². The first-order chi connectivity index (χ1) is 3.18. The Kier molecular flexibility index (Phi) is 3.45. The summed E-state index contributed by atoms with van der Waals surface area (Å²) in [5, 5.41) is 10.5. The number of rotatable bonds is 2. The Morgan fingerprint density at radius 3 is 2.29 bits per heavy atom. The average molecular weight is 139 g/mol. The summed E-state index contributed by atoms with van der Waals surface area (Å²) in [6.45, 7) is 0. The molecule has 0 bridgehead atoms. The normalized spacial score (nSPS) is 13.4. The predicted octanol–water partition coefficient (Wildman–Crippen LogP) is -0.348. The third-order valence-corrected chi connectivity index (χ3v) is 1.67. The number of carboxylic acids is 1. The summed E-state index contributed by atoms with van der Waals surface area (Å²) in [4.78, 5) is 9.83. The average Bonchev–Trinajstić information content (AvgIpc) is 1.65. The van der Waals surface area contributed by atoms with Crippen LogP contribution >= 0.6 is 18.6 Å². The first-order valence-corrected chi connectivity index (χ1v) is 2.87. The summed E-state index contributed by atoms with van der Waals surface area (Å²) in [5.74, 6) is -1.43. The first kappa shape index (κ1) is 7.29. The fraction of sp³-hybridized carbons (Fsp3) is 0.500. The van der Waals surface area contributed by atoms with E-state index in [1.165, 1.54) is 0 Å². The molecule has 0 fully saturated rings. The highest BCUT2D eigenvalue weighted by Gasteiger charge is 2.04. The molecule has 3 atom stereocenters. The Hall–Kier alpha value is 0.290. The minimum absolute atomic E-state index is 0.551. The molecule has 7 heavy (non-hydrogen) atoms. The molecule has 42 valence electrons. The molecule has 0 spiro atoms. The lowest BCUT2D eigenvalue weighted by molar-refractivity contribution is -0.136. The third kappa shape index (κ3) is 2.93. The van der Waals surface area contributed by atoms with Gasteiger partial charge in [0, 0.05) is 0 Å². The second-order valence-electron chi connectivity index (χ2n) is 0.983. The van der Waals surface area contributed by atoms with Crippen LogP contribution < -0.4 is 5.09 Å². The maximum Gasteiger partial charge on any atom is 0.324 e. The maximum absolute atomic E-state index is 9.83. The van der Waals surface area contributed by atoms with Gasteiger partial charge in [-0.1, -0.05) is 9.39 Å². The zero-order chi connectivity index (χ0) is 5.86. The molecule has 0 aromatic rings. The summed E-state index contributed by atoms with van der Waals surface area (Å²) < 4.78 is 0. The van der Waals surface area contributed by atoms with Gasteiger partial charge in [-0.25, -0.2) is 0 Å². The molecule has 3 nitrogen and oxygen atoms in total. The van der Waals surface area contributed by atoms with Crippen LogP contribution in [0.2, 0.25) is 0 Å². The number of carboxylic acid groups (broad SMARTS) is 1. The minimum Gasteiger partial charge on any atom is -0.480 e. The molecule has 0 saturated carbocycles. The molecule has 0 aliphatic rings. The molecule has 0 aliphatic heterocycles. The smallest absolute Gasteiger partial charge is 0.324 e. The van der Waals surface area contributed by atoms with Crippen molar-refractivity contribution in [2.75, 3.05) is 0 Å². The van der Waals surface area contributed by atoms with Gasteiger partial charge in [-0.15, -0.1) is 9.24 Å². The molecule has 2 N–H and O–H groups in total. The fourth-order valence-corrected chi connectivity index (χ4v) is 0.214. The van der Waals surface area contributed by atoms with Gasteiger partial charge in [0.2, 0.25) is 0 Å². The highest BCUT2D eigenvalue weighted by molar-refractivity contribution is 7.22. The number of nitrogens with one attached hydrogen (secondary N) is 1. The van der Waals surface area contributed by atoms with Gasteiger partial charge in [0.15, 0.2) is 0 Å². The minimum atomic E-state index is -0.875. The van der Waals surface area contributed by atoms with Gasteiger partial charge in [-0.3, -0.25) is 9.88 Å². The molecular formula is C2H7NO2P2. The molecule has 0 aliphatic carbocycles. The number of carbonyl (C=O) groups is 1. The van der Waals surface area contributed by atoms with E-state index in [9.17, 15) is 4.79 Å². The van der Waals surface area contributed by atoms with Crippen molar-refractivity contribution in [1.82, 2.24) is 5.09 Å². The van der Waals surface area contributed by atoms with E-state index in [4.69, 9.17) is 5.11 Å². The highest BCUT2D eigenvalue weighted by Crippen LogP contribution is 1.95. The molecular weight excluding hydrogens is 132 g/mol. The van der Waals surface area contributed by atoms with Gasteiger partial charge in [0.25, 0.3) is 0 Å². The summed E-state index contributed by atoms with van der Waals surface area (Å²) in [5.41, 5.74) is 0. The summed E-state index contributed by atoms with van der Waals surface area (Å²) in [6.07, 6.45) is 0. The molecule has 5 heteroatoms. The van der Waals surface area contributed by atoms with Crippen molar-refractivity contribution < 1.29 is 9.90 Å². The van der Waals surface area contributed by atoms with Gasteiger partial charge >= 0.3 is 5.97 Å². The van der Waals surface area contributed by atoms with Crippen molar-refractivity contribution in [2.45, 2.75) is 5.78 Å². The molecule has 0 amide bonds. The van der Waals surface area contributed by atoms with E-state index in [1.807, 2.05) is 0 Å². The van der Waals surface area contributed by atoms with Crippen LogP contribution in [0.3, 0.4) is 0 Å². The van der Waals surface area contributed by atoms with Gasteiger partial charge < -0.3 is 5.11 Å². The maximum atomic E-state index is 9.83.